The Hall–Kier alpha value is -0.355. The zero-order valence-corrected chi connectivity index (χ0v) is 20.0. The first-order valence-electron chi connectivity index (χ1n) is 11.5. The Bertz CT molecular complexity index is 726. The molecule has 1 aromatic carbocycles. The predicted octanol–water partition coefficient (Wildman–Crippen LogP) is 4.87. The van der Waals surface area contributed by atoms with Crippen molar-refractivity contribution >= 4 is 28.5 Å². The summed E-state index contributed by atoms with van der Waals surface area (Å²) in [5.74, 6) is 1.31. The average Bonchev–Trinajstić information content (AvgIpc) is 3.05. The number of alkyl halides is 1. The van der Waals surface area contributed by atoms with Gasteiger partial charge in [0.15, 0.2) is 0 Å². The molecule has 1 aliphatic heterocycles. The van der Waals surface area contributed by atoms with Gasteiger partial charge in [-0.3, -0.25) is 0 Å². The van der Waals surface area contributed by atoms with Crippen LogP contribution in [0.3, 0.4) is 0 Å². The fourth-order valence-electron chi connectivity index (χ4n) is 6.08. The molecule has 5 heteroatoms. The van der Waals surface area contributed by atoms with Gasteiger partial charge in [0.2, 0.25) is 0 Å². The number of aliphatic hydroxyl groups is 1. The maximum absolute atomic E-state index is 10.8. The van der Waals surface area contributed by atoms with E-state index < -0.39 is 6.10 Å². The van der Waals surface area contributed by atoms with E-state index in [4.69, 9.17) is 9.31 Å². The average molecular weight is 463 g/mol. The molecule has 160 valence electrons. The van der Waals surface area contributed by atoms with Crippen LogP contribution in [0.2, 0.25) is 0 Å². The van der Waals surface area contributed by atoms with E-state index in [0.717, 1.165) is 36.2 Å². The van der Waals surface area contributed by atoms with Crippen molar-refractivity contribution in [1.29, 1.82) is 0 Å². The Kier molecular flexibility index (Phi) is 6.25. The lowest BCUT2D eigenvalue weighted by Gasteiger charge is -2.64. The Morgan fingerprint density at radius 3 is 2.69 bits per heavy atom. The van der Waals surface area contributed by atoms with E-state index in [1.807, 2.05) is 0 Å². The highest BCUT2D eigenvalue weighted by molar-refractivity contribution is 9.09. The molecule has 5 rings (SSSR count). The Morgan fingerprint density at radius 1 is 1.21 bits per heavy atom. The summed E-state index contributed by atoms with van der Waals surface area (Å²) >= 11 is 3.71. The third kappa shape index (κ3) is 3.86. The van der Waals surface area contributed by atoms with Crippen LogP contribution in [0.25, 0.3) is 0 Å². The highest BCUT2D eigenvalue weighted by atomic mass is 79.9. The van der Waals surface area contributed by atoms with E-state index in [1.165, 1.54) is 19.3 Å². The summed E-state index contributed by atoms with van der Waals surface area (Å²) in [7, 11) is -0.322. The van der Waals surface area contributed by atoms with Gasteiger partial charge in [0.1, 0.15) is 0 Å². The summed E-state index contributed by atoms with van der Waals surface area (Å²) in [5, 5.41) is 10.8. The summed E-state index contributed by atoms with van der Waals surface area (Å²) in [5.41, 5.74) is 2.37. The molecule has 0 amide bonds. The van der Waals surface area contributed by atoms with Crippen molar-refractivity contribution in [2.45, 2.75) is 95.3 Å². The van der Waals surface area contributed by atoms with Crippen LogP contribution in [0.15, 0.2) is 24.3 Å². The Balaban J connectivity index is 1.47. The first kappa shape index (κ1) is 21.9. The van der Waals surface area contributed by atoms with Crippen LogP contribution >= 0.6 is 15.9 Å². The van der Waals surface area contributed by atoms with Crippen molar-refractivity contribution in [1.82, 2.24) is 0 Å². The fraction of sp³-hybridized carbons (Fsp3) is 0.750. The van der Waals surface area contributed by atoms with Crippen molar-refractivity contribution in [2.75, 3.05) is 0 Å². The van der Waals surface area contributed by atoms with Crippen LogP contribution in [-0.4, -0.2) is 34.9 Å². The van der Waals surface area contributed by atoms with Gasteiger partial charge in [-0.15, -0.1) is 0 Å². The molecule has 1 saturated heterocycles. The SMILES string of the molecule is CCCCCC(Br)C(O)Cc1ccccc1B1O[C@@H]2C[C@@H]3C[C@@H](C3(C)C)[C@]2(C)O1. The number of hydrogen-bond acceptors (Lipinski definition) is 3. The number of unbranched alkanes of at least 4 members (excludes halogenated alkanes) is 2. The highest BCUT2D eigenvalue weighted by Gasteiger charge is 2.68. The molecular formula is C24H36BBrO3. The van der Waals surface area contributed by atoms with Crippen molar-refractivity contribution in [3.8, 4) is 0 Å². The number of hydrogen-bond donors (Lipinski definition) is 1. The van der Waals surface area contributed by atoms with Crippen LogP contribution in [0, 0.1) is 17.3 Å². The van der Waals surface area contributed by atoms with Crippen LogP contribution in [-0.2, 0) is 15.7 Å². The van der Waals surface area contributed by atoms with Gasteiger partial charge in [-0.2, -0.15) is 0 Å². The number of halogens is 1. The lowest BCUT2D eigenvalue weighted by Crippen LogP contribution is -2.65. The molecule has 3 nitrogen and oxygen atoms in total. The molecule has 2 bridgehead atoms. The third-order valence-electron chi connectivity index (χ3n) is 8.19. The molecule has 0 radical (unpaired) electrons. The number of rotatable bonds is 8. The second-order valence-electron chi connectivity index (χ2n) is 10.3. The molecule has 6 atom stereocenters. The molecule has 0 spiro atoms. The lowest BCUT2D eigenvalue weighted by atomic mass is 9.43. The van der Waals surface area contributed by atoms with Crippen molar-refractivity contribution < 1.29 is 14.4 Å². The molecule has 29 heavy (non-hydrogen) atoms. The zero-order valence-electron chi connectivity index (χ0n) is 18.4. The summed E-state index contributed by atoms with van der Waals surface area (Å²) in [4.78, 5) is 0.126. The normalized spacial score (nSPS) is 34.4. The van der Waals surface area contributed by atoms with Gasteiger partial charge in [0, 0.05) is 4.83 Å². The van der Waals surface area contributed by atoms with E-state index in [-0.39, 0.29) is 23.7 Å². The summed E-state index contributed by atoms with van der Waals surface area (Å²) in [6, 6.07) is 8.34. The largest absolute Gasteiger partial charge is 0.494 e. The molecule has 3 aliphatic carbocycles. The van der Waals surface area contributed by atoms with E-state index in [2.05, 4.69) is 67.9 Å². The minimum atomic E-state index is -0.404. The van der Waals surface area contributed by atoms with Crippen molar-refractivity contribution in [3.63, 3.8) is 0 Å². The molecule has 4 aliphatic rings. The molecule has 1 N–H and O–H groups in total. The molecule has 1 aromatic rings. The van der Waals surface area contributed by atoms with Crippen molar-refractivity contribution in [2.24, 2.45) is 17.3 Å². The van der Waals surface area contributed by atoms with Gasteiger partial charge in [0.25, 0.3) is 0 Å². The number of benzene rings is 1. The standard InChI is InChI=1S/C24H36BBrO3/c1-5-6-7-12-19(26)20(27)13-16-10-8-9-11-18(16)25-28-22-15-17-14-21(23(17,2)3)24(22,4)29-25/h8-11,17,19-22,27H,5-7,12-15H2,1-4H3/t17-,19?,20?,21-,22+,24-/m0/s1. The first-order chi connectivity index (χ1) is 13.8. The summed E-state index contributed by atoms with van der Waals surface area (Å²) < 4.78 is 13.2. The highest BCUT2D eigenvalue weighted by Crippen LogP contribution is 2.65. The molecule has 4 fully saturated rings. The van der Waals surface area contributed by atoms with E-state index in [9.17, 15) is 5.11 Å². The van der Waals surface area contributed by atoms with Crippen LogP contribution in [0.1, 0.15) is 71.8 Å². The molecule has 0 aromatic heterocycles. The minimum absolute atomic E-state index is 0.126. The van der Waals surface area contributed by atoms with Crippen LogP contribution < -0.4 is 5.46 Å². The quantitative estimate of drug-likeness (QED) is 0.340. The Morgan fingerprint density at radius 2 is 1.97 bits per heavy atom. The van der Waals surface area contributed by atoms with E-state index in [1.54, 1.807) is 0 Å². The third-order valence-corrected chi connectivity index (χ3v) is 9.26. The second-order valence-corrected chi connectivity index (χ2v) is 11.5. The zero-order chi connectivity index (χ0) is 20.8. The molecule has 1 heterocycles. The molecule has 2 unspecified atom stereocenters. The van der Waals surface area contributed by atoms with Gasteiger partial charge >= 0.3 is 7.12 Å². The number of aliphatic hydroxyl groups excluding tert-OH is 1. The maximum atomic E-state index is 10.8. The van der Waals surface area contributed by atoms with Gasteiger partial charge in [-0.05, 0) is 60.9 Å². The van der Waals surface area contributed by atoms with E-state index in [0.29, 0.717) is 17.8 Å². The summed E-state index contributed by atoms with van der Waals surface area (Å²) in [6.45, 7) is 9.26. The predicted molar refractivity (Wildman–Crippen MR) is 123 cm³/mol. The van der Waals surface area contributed by atoms with Gasteiger partial charge in [0.05, 0.1) is 17.8 Å². The van der Waals surface area contributed by atoms with Crippen LogP contribution in [0.5, 0.6) is 0 Å². The fourth-order valence-corrected chi connectivity index (χ4v) is 6.59. The van der Waals surface area contributed by atoms with Gasteiger partial charge < -0.3 is 14.4 Å². The first-order valence-corrected chi connectivity index (χ1v) is 12.4. The molecule has 3 saturated carbocycles. The topological polar surface area (TPSA) is 38.7 Å². The monoisotopic (exact) mass is 462 g/mol. The van der Waals surface area contributed by atoms with Crippen molar-refractivity contribution in [3.05, 3.63) is 29.8 Å². The van der Waals surface area contributed by atoms with Crippen LogP contribution in [0.4, 0.5) is 0 Å². The summed E-state index contributed by atoms with van der Waals surface area (Å²) in [6.07, 6.45) is 7.34. The smallest absolute Gasteiger partial charge is 0.401 e. The second kappa shape index (κ2) is 8.29. The maximum Gasteiger partial charge on any atom is 0.494 e. The lowest BCUT2D eigenvalue weighted by molar-refractivity contribution is -0.199. The molecular weight excluding hydrogens is 427 g/mol. The minimum Gasteiger partial charge on any atom is -0.401 e. The van der Waals surface area contributed by atoms with Gasteiger partial charge in [-0.25, -0.2) is 0 Å². The van der Waals surface area contributed by atoms with E-state index >= 15 is 0 Å². The Labute approximate surface area is 185 Å². The van der Waals surface area contributed by atoms with Gasteiger partial charge in [-0.1, -0.05) is 80.2 Å².